The Balaban J connectivity index is 2.12. The van der Waals surface area contributed by atoms with Gasteiger partial charge in [-0.25, -0.2) is 4.39 Å². The van der Waals surface area contributed by atoms with Crippen LogP contribution in [-0.2, 0) is 25.5 Å². The van der Waals surface area contributed by atoms with Crippen molar-refractivity contribution in [2.24, 2.45) is 5.41 Å². The summed E-state index contributed by atoms with van der Waals surface area (Å²) in [7, 11) is 1.28. The Kier molecular flexibility index (Phi) is 2.20. The van der Waals surface area contributed by atoms with Crippen molar-refractivity contribution in [3.05, 3.63) is 35.1 Å². The molecule has 0 N–H and O–H groups in total. The Labute approximate surface area is 103 Å². The lowest BCUT2D eigenvalue weighted by Gasteiger charge is -2.22. The molecule has 1 heterocycles. The zero-order chi connectivity index (χ0) is 12.9. The summed E-state index contributed by atoms with van der Waals surface area (Å²) in [6, 6.07) is 4.29. The van der Waals surface area contributed by atoms with E-state index >= 15 is 0 Å². The van der Waals surface area contributed by atoms with Gasteiger partial charge in [-0.3, -0.25) is 9.59 Å². The standard InChI is InChI=1S/C13H11FO4/c1-17-12(16)13-5-7-2-3-8(14)4-9(7)11(13)18-10(15)6-13/h2-4,11H,5-6H2,1H3/t11-,13+/m1/s1. The van der Waals surface area contributed by atoms with E-state index in [4.69, 9.17) is 9.47 Å². The van der Waals surface area contributed by atoms with Gasteiger partial charge in [-0.05, 0) is 29.7 Å². The summed E-state index contributed by atoms with van der Waals surface area (Å²) in [5, 5.41) is 0. The second kappa shape index (κ2) is 3.54. The van der Waals surface area contributed by atoms with E-state index in [1.165, 1.54) is 19.2 Å². The third-order valence-corrected chi connectivity index (χ3v) is 3.70. The van der Waals surface area contributed by atoms with Crippen LogP contribution in [0.25, 0.3) is 0 Å². The molecule has 1 fully saturated rings. The Bertz CT molecular complexity index is 554. The highest BCUT2D eigenvalue weighted by atomic mass is 19.1. The maximum Gasteiger partial charge on any atom is 0.316 e. The number of fused-ring (bicyclic) bond motifs is 3. The molecule has 4 nitrogen and oxygen atoms in total. The van der Waals surface area contributed by atoms with Crippen molar-refractivity contribution in [2.75, 3.05) is 7.11 Å². The summed E-state index contributed by atoms with van der Waals surface area (Å²) in [6.45, 7) is 0. The summed E-state index contributed by atoms with van der Waals surface area (Å²) in [4.78, 5) is 23.4. The predicted octanol–water partition coefficient (Wildman–Crippen LogP) is 1.53. The van der Waals surface area contributed by atoms with Crippen molar-refractivity contribution in [1.82, 2.24) is 0 Å². The van der Waals surface area contributed by atoms with Gasteiger partial charge < -0.3 is 9.47 Å². The van der Waals surface area contributed by atoms with Crippen LogP contribution in [0, 0.1) is 11.2 Å². The van der Waals surface area contributed by atoms with Crippen LogP contribution in [0.5, 0.6) is 0 Å². The average molecular weight is 250 g/mol. The fraction of sp³-hybridized carbons (Fsp3) is 0.385. The van der Waals surface area contributed by atoms with Gasteiger partial charge in [0.15, 0.2) is 0 Å². The number of hydrogen-bond acceptors (Lipinski definition) is 4. The smallest absolute Gasteiger partial charge is 0.316 e. The SMILES string of the molecule is COC(=O)[C@@]12CC(=O)O[C@@H]1c1cc(F)ccc1C2. The predicted molar refractivity (Wildman–Crippen MR) is 58.0 cm³/mol. The summed E-state index contributed by atoms with van der Waals surface area (Å²) in [5.74, 6) is -1.33. The molecule has 3 rings (SSSR count). The molecule has 2 aliphatic rings. The van der Waals surface area contributed by atoms with Gasteiger partial charge in [0.05, 0.1) is 13.5 Å². The van der Waals surface area contributed by atoms with E-state index in [0.29, 0.717) is 12.0 Å². The van der Waals surface area contributed by atoms with Gasteiger partial charge >= 0.3 is 11.9 Å². The molecule has 0 saturated carbocycles. The minimum atomic E-state index is -1.01. The molecule has 2 atom stereocenters. The lowest BCUT2D eigenvalue weighted by Crippen LogP contribution is -2.33. The Morgan fingerprint density at radius 3 is 3.00 bits per heavy atom. The van der Waals surface area contributed by atoms with E-state index in [-0.39, 0.29) is 6.42 Å². The summed E-state index contributed by atoms with van der Waals surface area (Å²) < 4.78 is 23.2. The van der Waals surface area contributed by atoms with Crippen LogP contribution in [0.2, 0.25) is 0 Å². The van der Waals surface area contributed by atoms with E-state index in [1.54, 1.807) is 6.07 Å². The molecule has 1 aromatic carbocycles. The topological polar surface area (TPSA) is 52.6 Å². The summed E-state index contributed by atoms with van der Waals surface area (Å²) >= 11 is 0. The van der Waals surface area contributed by atoms with E-state index in [1.807, 2.05) is 0 Å². The molecule has 18 heavy (non-hydrogen) atoms. The van der Waals surface area contributed by atoms with Gasteiger partial charge in [0.1, 0.15) is 17.3 Å². The van der Waals surface area contributed by atoms with Crippen molar-refractivity contribution < 1.29 is 23.5 Å². The Morgan fingerprint density at radius 1 is 1.50 bits per heavy atom. The maximum absolute atomic E-state index is 13.3. The van der Waals surface area contributed by atoms with E-state index in [2.05, 4.69) is 0 Å². The van der Waals surface area contributed by atoms with Crippen molar-refractivity contribution in [3.63, 3.8) is 0 Å². The maximum atomic E-state index is 13.3. The Hall–Kier alpha value is -1.91. The fourth-order valence-corrected chi connectivity index (χ4v) is 2.92. The molecule has 0 radical (unpaired) electrons. The first-order valence-corrected chi connectivity index (χ1v) is 5.63. The molecule has 0 bridgehead atoms. The van der Waals surface area contributed by atoms with Crippen LogP contribution in [0.4, 0.5) is 4.39 Å². The fourth-order valence-electron chi connectivity index (χ4n) is 2.92. The van der Waals surface area contributed by atoms with Crippen LogP contribution in [0.3, 0.4) is 0 Å². The number of benzene rings is 1. The normalized spacial score (nSPS) is 28.6. The quantitative estimate of drug-likeness (QED) is 0.709. The number of halogens is 1. The molecule has 1 saturated heterocycles. The van der Waals surface area contributed by atoms with Crippen molar-refractivity contribution in [1.29, 1.82) is 0 Å². The number of ether oxygens (including phenoxy) is 2. The molecule has 5 heteroatoms. The first-order chi connectivity index (χ1) is 8.56. The highest BCUT2D eigenvalue weighted by Gasteiger charge is 2.60. The number of carbonyl (C=O) groups is 2. The first kappa shape index (κ1) is 11.2. The molecule has 0 spiro atoms. The van der Waals surface area contributed by atoms with Crippen molar-refractivity contribution >= 4 is 11.9 Å². The minimum absolute atomic E-state index is 0.0133. The van der Waals surface area contributed by atoms with Crippen molar-refractivity contribution in [3.8, 4) is 0 Å². The summed E-state index contributed by atoms with van der Waals surface area (Å²) in [6.07, 6.45) is -0.380. The first-order valence-electron chi connectivity index (χ1n) is 5.63. The van der Waals surface area contributed by atoms with Gasteiger partial charge in [0, 0.05) is 0 Å². The molecule has 1 aliphatic carbocycles. The van der Waals surface area contributed by atoms with Crippen LogP contribution >= 0.6 is 0 Å². The van der Waals surface area contributed by atoms with Crippen LogP contribution in [0.15, 0.2) is 18.2 Å². The number of rotatable bonds is 1. The molecular weight excluding hydrogens is 239 g/mol. The molecule has 0 aromatic heterocycles. The second-order valence-electron chi connectivity index (χ2n) is 4.71. The molecule has 94 valence electrons. The van der Waals surface area contributed by atoms with Crippen molar-refractivity contribution in [2.45, 2.75) is 18.9 Å². The molecule has 1 aromatic rings. The number of hydrogen-bond donors (Lipinski definition) is 0. The zero-order valence-corrected chi connectivity index (χ0v) is 9.73. The number of esters is 2. The van der Waals surface area contributed by atoms with Crippen LogP contribution in [0.1, 0.15) is 23.7 Å². The van der Waals surface area contributed by atoms with Gasteiger partial charge in [-0.15, -0.1) is 0 Å². The highest BCUT2D eigenvalue weighted by molar-refractivity contribution is 5.89. The minimum Gasteiger partial charge on any atom is -0.468 e. The second-order valence-corrected chi connectivity index (χ2v) is 4.71. The molecule has 1 aliphatic heterocycles. The lowest BCUT2D eigenvalue weighted by molar-refractivity contribution is -0.155. The van der Waals surface area contributed by atoms with Gasteiger partial charge in [0.2, 0.25) is 0 Å². The largest absolute Gasteiger partial charge is 0.468 e. The van der Waals surface area contributed by atoms with E-state index < -0.39 is 29.3 Å². The van der Waals surface area contributed by atoms with E-state index in [9.17, 15) is 14.0 Å². The highest BCUT2D eigenvalue weighted by Crippen LogP contribution is 2.55. The van der Waals surface area contributed by atoms with Gasteiger partial charge in [-0.1, -0.05) is 6.07 Å². The lowest BCUT2D eigenvalue weighted by atomic mass is 9.81. The van der Waals surface area contributed by atoms with Gasteiger partial charge in [-0.2, -0.15) is 0 Å². The molecular formula is C13H11FO4. The van der Waals surface area contributed by atoms with Crippen LogP contribution < -0.4 is 0 Å². The number of methoxy groups -OCH3 is 1. The molecule has 0 amide bonds. The van der Waals surface area contributed by atoms with Gasteiger partial charge in [0.25, 0.3) is 0 Å². The summed E-state index contributed by atoms with van der Waals surface area (Å²) in [5.41, 5.74) is 0.396. The zero-order valence-electron chi connectivity index (χ0n) is 9.73. The third kappa shape index (κ3) is 1.30. The monoisotopic (exact) mass is 250 g/mol. The number of carbonyl (C=O) groups excluding carboxylic acids is 2. The third-order valence-electron chi connectivity index (χ3n) is 3.70. The van der Waals surface area contributed by atoms with E-state index in [0.717, 1.165) is 5.56 Å². The Morgan fingerprint density at radius 2 is 2.28 bits per heavy atom. The average Bonchev–Trinajstić information content (AvgIpc) is 2.81. The van der Waals surface area contributed by atoms with Crippen LogP contribution in [-0.4, -0.2) is 19.0 Å². The molecule has 0 unspecified atom stereocenters.